The molecule has 0 bridgehead atoms. The minimum absolute atomic E-state index is 0.329. The highest BCUT2D eigenvalue weighted by Crippen LogP contribution is 2.12. The first kappa shape index (κ1) is 8.96. The van der Waals surface area contributed by atoms with Gasteiger partial charge in [-0.1, -0.05) is 27.7 Å². The van der Waals surface area contributed by atoms with Gasteiger partial charge in [0.2, 0.25) is 0 Å². The van der Waals surface area contributed by atoms with Crippen LogP contribution < -0.4 is 0 Å². The van der Waals surface area contributed by atoms with Gasteiger partial charge in [0, 0.05) is 6.61 Å². The quantitative estimate of drug-likeness (QED) is 0.533. The average Bonchev–Trinajstić information content (AvgIpc) is 1.63. The fourth-order valence-electron chi connectivity index (χ4n) is 0.523. The van der Waals surface area contributed by atoms with Gasteiger partial charge in [-0.25, -0.2) is 0 Å². The molecule has 1 nitrogen and oxygen atoms in total. The van der Waals surface area contributed by atoms with Crippen molar-refractivity contribution in [2.45, 2.75) is 34.1 Å². The normalized spacial score (nSPS) is 12.0. The number of ether oxygens (including phenoxy) is 1. The van der Waals surface area contributed by atoms with Gasteiger partial charge in [-0.05, 0) is 11.8 Å². The molecule has 0 aliphatic heterocycles. The molecular formula is C8H18O. The number of hydrogen-bond donors (Lipinski definition) is 0. The Kier molecular flexibility index (Phi) is 3.87. The fourth-order valence-corrected chi connectivity index (χ4v) is 0.523. The maximum atomic E-state index is 5.35. The van der Waals surface area contributed by atoms with E-state index in [2.05, 4.69) is 27.7 Å². The zero-order valence-corrected chi connectivity index (χ0v) is 7.03. The van der Waals surface area contributed by atoms with Gasteiger partial charge in [0.05, 0.1) is 6.61 Å². The molecule has 0 saturated heterocycles. The largest absolute Gasteiger partial charge is 0.381 e. The SMILES string of the molecule is CCCOCC(C)(C)C. The molecule has 0 N–H and O–H groups in total. The first-order chi connectivity index (χ1) is 4.06. The summed E-state index contributed by atoms with van der Waals surface area (Å²) < 4.78 is 5.35. The summed E-state index contributed by atoms with van der Waals surface area (Å²) in [4.78, 5) is 0. The lowest BCUT2D eigenvalue weighted by atomic mass is 9.99. The second-order valence-electron chi connectivity index (χ2n) is 3.61. The minimum Gasteiger partial charge on any atom is -0.381 e. The van der Waals surface area contributed by atoms with Gasteiger partial charge in [-0.2, -0.15) is 0 Å². The molecule has 0 aliphatic carbocycles. The molecule has 0 unspecified atom stereocenters. The van der Waals surface area contributed by atoms with Gasteiger partial charge in [-0.15, -0.1) is 0 Å². The molecule has 0 saturated carbocycles. The lowest BCUT2D eigenvalue weighted by Crippen LogP contribution is -2.14. The summed E-state index contributed by atoms with van der Waals surface area (Å²) >= 11 is 0. The summed E-state index contributed by atoms with van der Waals surface area (Å²) in [5, 5.41) is 0. The van der Waals surface area contributed by atoms with Crippen molar-refractivity contribution in [3.63, 3.8) is 0 Å². The molecule has 0 atom stereocenters. The van der Waals surface area contributed by atoms with E-state index in [1.165, 1.54) is 0 Å². The Morgan fingerprint density at radius 1 is 1.22 bits per heavy atom. The van der Waals surface area contributed by atoms with Crippen LogP contribution in [-0.4, -0.2) is 13.2 Å². The van der Waals surface area contributed by atoms with Crippen molar-refractivity contribution in [3.8, 4) is 0 Å². The van der Waals surface area contributed by atoms with Crippen LogP contribution in [0.25, 0.3) is 0 Å². The van der Waals surface area contributed by atoms with Gasteiger partial charge >= 0.3 is 0 Å². The van der Waals surface area contributed by atoms with E-state index in [0.29, 0.717) is 5.41 Å². The fraction of sp³-hybridized carbons (Fsp3) is 1.00. The Hall–Kier alpha value is -0.0400. The molecule has 0 aromatic heterocycles. The highest BCUT2D eigenvalue weighted by Gasteiger charge is 2.08. The maximum absolute atomic E-state index is 5.35. The summed E-state index contributed by atoms with van der Waals surface area (Å²) in [6.07, 6.45) is 1.12. The molecule has 9 heavy (non-hydrogen) atoms. The predicted octanol–water partition coefficient (Wildman–Crippen LogP) is 2.46. The number of rotatable bonds is 3. The molecule has 0 fully saturated rings. The van der Waals surface area contributed by atoms with E-state index in [9.17, 15) is 0 Å². The van der Waals surface area contributed by atoms with E-state index in [1.807, 2.05) is 0 Å². The van der Waals surface area contributed by atoms with Crippen molar-refractivity contribution in [1.82, 2.24) is 0 Å². The van der Waals surface area contributed by atoms with E-state index in [1.54, 1.807) is 0 Å². The van der Waals surface area contributed by atoms with Crippen molar-refractivity contribution in [3.05, 3.63) is 0 Å². The molecule has 0 aromatic rings. The van der Waals surface area contributed by atoms with Crippen molar-refractivity contribution in [2.24, 2.45) is 5.41 Å². The third-order valence-corrected chi connectivity index (χ3v) is 0.884. The smallest absolute Gasteiger partial charge is 0.0514 e. The Morgan fingerprint density at radius 3 is 2.11 bits per heavy atom. The monoisotopic (exact) mass is 130 g/mol. The summed E-state index contributed by atoms with van der Waals surface area (Å²) in [7, 11) is 0. The van der Waals surface area contributed by atoms with Gasteiger partial charge < -0.3 is 4.74 Å². The van der Waals surface area contributed by atoms with Crippen molar-refractivity contribution < 1.29 is 4.74 Å². The summed E-state index contributed by atoms with van der Waals surface area (Å²) in [5.41, 5.74) is 0.329. The van der Waals surface area contributed by atoms with E-state index >= 15 is 0 Å². The van der Waals surface area contributed by atoms with Gasteiger partial charge in [0.25, 0.3) is 0 Å². The molecule has 0 heterocycles. The third kappa shape index (κ3) is 7.96. The van der Waals surface area contributed by atoms with Crippen LogP contribution in [0.5, 0.6) is 0 Å². The Morgan fingerprint density at radius 2 is 1.78 bits per heavy atom. The van der Waals surface area contributed by atoms with E-state index in [-0.39, 0.29) is 0 Å². The molecular weight excluding hydrogens is 112 g/mol. The molecule has 0 rings (SSSR count). The molecule has 0 radical (unpaired) electrons. The van der Waals surface area contributed by atoms with Crippen molar-refractivity contribution in [2.75, 3.05) is 13.2 Å². The first-order valence-electron chi connectivity index (χ1n) is 3.64. The van der Waals surface area contributed by atoms with Crippen LogP contribution in [-0.2, 0) is 4.74 Å². The molecule has 56 valence electrons. The van der Waals surface area contributed by atoms with Crippen molar-refractivity contribution >= 4 is 0 Å². The van der Waals surface area contributed by atoms with E-state index in [4.69, 9.17) is 4.74 Å². The zero-order chi connectivity index (χ0) is 7.33. The van der Waals surface area contributed by atoms with Crippen LogP contribution in [0.4, 0.5) is 0 Å². The number of hydrogen-bond acceptors (Lipinski definition) is 1. The highest BCUT2D eigenvalue weighted by atomic mass is 16.5. The average molecular weight is 130 g/mol. The van der Waals surface area contributed by atoms with Gasteiger partial charge in [0.15, 0.2) is 0 Å². The lowest BCUT2D eigenvalue weighted by molar-refractivity contribution is 0.0717. The van der Waals surface area contributed by atoms with Crippen LogP contribution in [0.3, 0.4) is 0 Å². The highest BCUT2D eigenvalue weighted by molar-refractivity contribution is 4.58. The second kappa shape index (κ2) is 3.89. The van der Waals surface area contributed by atoms with E-state index < -0.39 is 0 Å². The van der Waals surface area contributed by atoms with Crippen LogP contribution in [0.2, 0.25) is 0 Å². The van der Waals surface area contributed by atoms with Gasteiger partial charge in [0.1, 0.15) is 0 Å². The molecule has 1 heteroatoms. The minimum atomic E-state index is 0.329. The standard InChI is InChI=1S/C8H18O/c1-5-6-9-7-8(2,3)4/h5-7H2,1-4H3. The molecule has 0 amide bonds. The topological polar surface area (TPSA) is 9.23 Å². The third-order valence-electron chi connectivity index (χ3n) is 0.884. The Balaban J connectivity index is 3.07. The first-order valence-corrected chi connectivity index (χ1v) is 3.64. The zero-order valence-electron chi connectivity index (χ0n) is 7.03. The maximum Gasteiger partial charge on any atom is 0.0514 e. The molecule has 0 spiro atoms. The Labute approximate surface area is 58.4 Å². The van der Waals surface area contributed by atoms with Crippen LogP contribution in [0, 0.1) is 5.41 Å². The van der Waals surface area contributed by atoms with Crippen molar-refractivity contribution in [1.29, 1.82) is 0 Å². The summed E-state index contributed by atoms with van der Waals surface area (Å²) in [5.74, 6) is 0. The summed E-state index contributed by atoms with van der Waals surface area (Å²) in [6, 6.07) is 0. The predicted molar refractivity (Wildman–Crippen MR) is 40.6 cm³/mol. The molecule has 0 aliphatic rings. The Bertz CT molecular complexity index is 61.5. The van der Waals surface area contributed by atoms with Crippen LogP contribution in [0.15, 0.2) is 0 Å². The summed E-state index contributed by atoms with van der Waals surface area (Å²) in [6.45, 7) is 10.5. The van der Waals surface area contributed by atoms with E-state index in [0.717, 1.165) is 19.6 Å². The van der Waals surface area contributed by atoms with Crippen LogP contribution >= 0.6 is 0 Å². The van der Waals surface area contributed by atoms with Gasteiger partial charge in [-0.3, -0.25) is 0 Å². The lowest BCUT2D eigenvalue weighted by Gasteiger charge is -2.17. The van der Waals surface area contributed by atoms with Crippen LogP contribution in [0.1, 0.15) is 34.1 Å². The molecule has 0 aromatic carbocycles. The second-order valence-corrected chi connectivity index (χ2v) is 3.61.